The molecule has 3 nitrogen and oxygen atoms in total. The summed E-state index contributed by atoms with van der Waals surface area (Å²) in [7, 11) is 0. The first-order chi connectivity index (χ1) is 9.48. The molecule has 1 amide bonds. The van der Waals surface area contributed by atoms with Gasteiger partial charge in [0.15, 0.2) is 0 Å². The van der Waals surface area contributed by atoms with Crippen molar-refractivity contribution < 1.29 is 9.90 Å². The van der Waals surface area contributed by atoms with E-state index in [4.69, 9.17) is 0 Å². The number of hydrogen-bond donors (Lipinski definition) is 1. The number of carbonyl (C=O) groups is 1. The van der Waals surface area contributed by atoms with Crippen LogP contribution in [0.3, 0.4) is 0 Å². The zero-order valence-electron chi connectivity index (χ0n) is 12.5. The van der Waals surface area contributed by atoms with E-state index < -0.39 is 6.10 Å². The molecule has 1 N–H and O–H groups in total. The van der Waals surface area contributed by atoms with Gasteiger partial charge in [-0.15, -0.1) is 0 Å². The standard InChI is InChI=1S/C17H25NO2/c1-17(2)10-8-16(20)18(13-11-17)12-9-15(19)14-6-4-3-5-7-14/h3-7,15,19H,8-13H2,1-2H3. The Morgan fingerprint density at radius 2 is 1.95 bits per heavy atom. The van der Waals surface area contributed by atoms with E-state index in [-0.39, 0.29) is 11.3 Å². The summed E-state index contributed by atoms with van der Waals surface area (Å²) in [6.07, 6.45) is 2.76. The Bertz CT molecular complexity index is 442. The maximum absolute atomic E-state index is 12.1. The number of amides is 1. The van der Waals surface area contributed by atoms with Crippen molar-refractivity contribution in [3.8, 4) is 0 Å². The van der Waals surface area contributed by atoms with Gasteiger partial charge in [-0.25, -0.2) is 0 Å². The highest BCUT2D eigenvalue weighted by molar-refractivity contribution is 5.76. The van der Waals surface area contributed by atoms with Crippen molar-refractivity contribution in [3.05, 3.63) is 35.9 Å². The zero-order valence-corrected chi connectivity index (χ0v) is 12.5. The first-order valence-corrected chi connectivity index (χ1v) is 7.49. The van der Waals surface area contributed by atoms with Crippen LogP contribution in [0.1, 0.15) is 51.2 Å². The van der Waals surface area contributed by atoms with Crippen LogP contribution in [0, 0.1) is 5.41 Å². The third kappa shape index (κ3) is 4.07. The molecule has 1 atom stereocenters. The van der Waals surface area contributed by atoms with Gasteiger partial charge in [-0.3, -0.25) is 4.79 Å². The molecule has 1 aliphatic rings. The van der Waals surface area contributed by atoms with Crippen molar-refractivity contribution >= 4 is 5.91 Å². The summed E-state index contributed by atoms with van der Waals surface area (Å²) < 4.78 is 0. The van der Waals surface area contributed by atoms with E-state index in [0.717, 1.165) is 24.9 Å². The quantitative estimate of drug-likeness (QED) is 0.917. The lowest BCUT2D eigenvalue weighted by Crippen LogP contribution is -2.32. The summed E-state index contributed by atoms with van der Waals surface area (Å²) in [6.45, 7) is 5.91. The van der Waals surface area contributed by atoms with Crippen molar-refractivity contribution in [2.24, 2.45) is 5.41 Å². The van der Waals surface area contributed by atoms with Crippen molar-refractivity contribution in [2.75, 3.05) is 13.1 Å². The smallest absolute Gasteiger partial charge is 0.222 e. The molecule has 2 rings (SSSR count). The predicted octanol–water partition coefficient (Wildman–Crippen LogP) is 3.15. The highest BCUT2D eigenvalue weighted by atomic mass is 16.3. The van der Waals surface area contributed by atoms with Gasteiger partial charge in [0, 0.05) is 19.5 Å². The third-order valence-corrected chi connectivity index (χ3v) is 4.28. The number of benzene rings is 1. The highest BCUT2D eigenvalue weighted by Gasteiger charge is 2.27. The Morgan fingerprint density at radius 3 is 2.65 bits per heavy atom. The third-order valence-electron chi connectivity index (χ3n) is 4.28. The van der Waals surface area contributed by atoms with Gasteiger partial charge in [0.2, 0.25) is 5.91 Å². The molecule has 3 heteroatoms. The van der Waals surface area contributed by atoms with E-state index in [9.17, 15) is 9.90 Å². The minimum atomic E-state index is -0.486. The Hall–Kier alpha value is -1.35. The van der Waals surface area contributed by atoms with Crippen molar-refractivity contribution in [1.29, 1.82) is 0 Å². The van der Waals surface area contributed by atoms with Crippen LogP contribution in [0.25, 0.3) is 0 Å². The molecule has 0 aromatic heterocycles. The lowest BCUT2D eigenvalue weighted by Gasteiger charge is -2.24. The Morgan fingerprint density at radius 1 is 1.25 bits per heavy atom. The molecule has 1 aromatic carbocycles. The lowest BCUT2D eigenvalue weighted by molar-refractivity contribution is -0.131. The molecule has 1 fully saturated rings. The molecule has 0 spiro atoms. The summed E-state index contributed by atoms with van der Waals surface area (Å²) in [4.78, 5) is 14.0. The zero-order chi connectivity index (χ0) is 14.6. The number of aliphatic hydroxyl groups excluding tert-OH is 1. The summed E-state index contributed by atoms with van der Waals surface area (Å²) in [6, 6.07) is 9.66. The minimum Gasteiger partial charge on any atom is -0.388 e. The van der Waals surface area contributed by atoms with E-state index >= 15 is 0 Å². The Balaban J connectivity index is 1.88. The fourth-order valence-electron chi connectivity index (χ4n) is 2.65. The Labute approximate surface area is 121 Å². The molecule has 0 aliphatic carbocycles. The molecule has 0 saturated carbocycles. The lowest BCUT2D eigenvalue weighted by atomic mass is 9.85. The van der Waals surface area contributed by atoms with Gasteiger partial charge in [-0.1, -0.05) is 44.2 Å². The van der Waals surface area contributed by atoms with Crippen molar-refractivity contribution in [1.82, 2.24) is 4.90 Å². The van der Waals surface area contributed by atoms with Gasteiger partial charge in [-0.05, 0) is 30.2 Å². The van der Waals surface area contributed by atoms with Gasteiger partial charge in [0.05, 0.1) is 6.10 Å². The molecule has 0 radical (unpaired) electrons. The molecule has 1 saturated heterocycles. The van der Waals surface area contributed by atoms with Crippen LogP contribution in [-0.4, -0.2) is 29.0 Å². The number of aliphatic hydroxyl groups is 1. The van der Waals surface area contributed by atoms with Gasteiger partial charge in [0.1, 0.15) is 0 Å². The van der Waals surface area contributed by atoms with Crippen molar-refractivity contribution in [2.45, 2.75) is 45.6 Å². The van der Waals surface area contributed by atoms with Gasteiger partial charge in [0.25, 0.3) is 0 Å². The van der Waals surface area contributed by atoms with Gasteiger partial charge >= 0.3 is 0 Å². The van der Waals surface area contributed by atoms with E-state index in [1.165, 1.54) is 0 Å². The minimum absolute atomic E-state index is 0.232. The normalized spacial score (nSPS) is 20.6. The molecule has 0 bridgehead atoms. The highest BCUT2D eigenvalue weighted by Crippen LogP contribution is 2.30. The van der Waals surface area contributed by atoms with Gasteiger partial charge in [-0.2, -0.15) is 0 Å². The van der Waals surface area contributed by atoms with Crippen LogP contribution in [-0.2, 0) is 4.79 Å². The molecular weight excluding hydrogens is 250 g/mol. The first-order valence-electron chi connectivity index (χ1n) is 7.49. The second kappa shape index (κ2) is 6.40. The van der Waals surface area contributed by atoms with Crippen LogP contribution < -0.4 is 0 Å². The number of rotatable bonds is 4. The molecular formula is C17H25NO2. The number of likely N-dealkylation sites (tertiary alicyclic amines) is 1. The van der Waals surface area contributed by atoms with E-state index in [2.05, 4.69) is 13.8 Å². The maximum atomic E-state index is 12.1. The number of hydrogen-bond acceptors (Lipinski definition) is 2. The van der Waals surface area contributed by atoms with Crippen molar-refractivity contribution in [3.63, 3.8) is 0 Å². The average molecular weight is 275 g/mol. The molecule has 1 aromatic rings. The van der Waals surface area contributed by atoms with Crippen LogP contribution in [0.4, 0.5) is 0 Å². The number of carbonyl (C=O) groups excluding carboxylic acids is 1. The SMILES string of the molecule is CC1(C)CCC(=O)N(CCC(O)c2ccccc2)CC1. The topological polar surface area (TPSA) is 40.5 Å². The van der Waals surface area contributed by atoms with E-state index in [0.29, 0.717) is 19.4 Å². The molecule has 1 unspecified atom stereocenters. The van der Waals surface area contributed by atoms with E-state index in [1.54, 1.807) is 0 Å². The summed E-state index contributed by atoms with van der Waals surface area (Å²) in [5.74, 6) is 0.232. The fraction of sp³-hybridized carbons (Fsp3) is 0.588. The van der Waals surface area contributed by atoms with E-state index in [1.807, 2.05) is 35.2 Å². The predicted molar refractivity (Wildman–Crippen MR) is 80.2 cm³/mol. The monoisotopic (exact) mass is 275 g/mol. The molecule has 1 aliphatic heterocycles. The Kier molecular flexibility index (Phi) is 4.81. The molecule has 110 valence electrons. The van der Waals surface area contributed by atoms with Crippen LogP contribution >= 0.6 is 0 Å². The van der Waals surface area contributed by atoms with Gasteiger partial charge < -0.3 is 10.0 Å². The van der Waals surface area contributed by atoms with Crippen LogP contribution in [0.2, 0.25) is 0 Å². The average Bonchev–Trinajstić information content (AvgIpc) is 2.57. The summed E-state index contributed by atoms with van der Waals surface area (Å²) in [5, 5.41) is 10.2. The van der Waals surface area contributed by atoms with Crippen LogP contribution in [0.15, 0.2) is 30.3 Å². The van der Waals surface area contributed by atoms with Crippen LogP contribution in [0.5, 0.6) is 0 Å². The summed E-state index contributed by atoms with van der Waals surface area (Å²) in [5.41, 5.74) is 1.18. The molecule has 20 heavy (non-hydrogen) atoms. The summed E-state index contributed by atoms with van der Waals surface area (Å²) >= 11 is 0. The second-order valence-electron chi connectivity index (χ2n) is 6.51. The second-order valence-corrected chi connectivity index (χ2v) is 6.51. The first kappa shape index (κ1) is 15.0. The fourth-order valence-corrected chi connectivity index (χ4v) is 2.65. The largest absolute Gasteiger partial charge is 0.388 e. The molecule has 1 heterocycles. The maximum Gasteiger partial charge on any atom is 0.222 e. The number of nitrogens with zero attached hydrogens (tertiary/aromatic N) is 1.